The molecular weight excluding hydrogens is 333 g/mol. The molecular formula is C19H14FN5O. The van der Waals surface area contributed by atoms with Crippen LogP contribution in [0.25, 0.3) is 16.8 Å². The molecule has 0 saturated heterocycles. The number of anilines is 1. The number of benzene rings is 2. The molecule has 0 bridgehead atoms. The quantitative estimate of drug-likeness (QED) is 0.616. The molecule has 4 aromatic rings. The van der Waals surface area contributed by atoms with E-state index in [1.165, 1.54) is 24.3 Å². The molecule has 0 saturated carbocycles. The fourth-order valence-electron chi connectivity index (χ4n) is 2.71. The highest BCUT2D eigenvalue weighted by Gasteiger charge is 2.18. The molecule has 0 aliphatic heterocycles. The Kier molecular flexibility index (Phi) is 3.89. The molecule has 2 heterocycles. The number of aryl methyl sites for hydroxylation is 1. The standard InChI is InChI=1S/C19H14FN5O/c1-12-17(19(26)22-15-9-7-14(20)8-10-15)23-24-18-16(11-21-25(12)18)13-5-3-2-4-6-13/h2-11H,1H3,(H,22,26). The smallest absolute Gasteiger partial charge is 0.278 e. The minimum Gasteiger partial charge on any atom is -0.321 e. The van der Waals surface area contributed by atoms with E-state index in [1.54, 1.807) is 17.6 Å². The van der Waals surface area contributed by atoms with Gasteiger partial charge in [-0.15, -0.1) is 10.2 Å². The molecule has 7 heteroatoms. The van der Waals surface area contributed by atoms with Gasteiger partial charge in [0, 0.05) is 11.3 Å². The predicted octanol–water partition coefficient (Wildman–Crippen LogP) is 3.49. The zero-order chi connectivity index (χ0) is 18.1. The van der Waals surface area contributed by atoms with Crippen LogP contribution in [0.5, 0.6) is 0 Å². The van der Waals surface area contributed by atoms with Crippen LogP contribution in [-0.2, 0) is 0 Å². The lowest BCUT2D eigenvalue weighted by Gasteiger charge is -2.08. The van der Waals surface area contributed by atoms with E-state index in [2.05, 4.69) is 20.6 Å². The molecule has 0 unspecified atom stereocenters. The van der Waals surface area contributed by atoms with Gasteiger partial charge in [-0.3, -0.25) is 4.79 Å². The van der Waals surface area contributed by atoms with Crippen LogP contribution in [0, 0.1) is 12.7 Å². The first kappa shape index (κ1) is 15.9. The number of fused-ring (bicyclic) bond motifs is 1. The fourth-order valence-corrected chi connectivity index (χ4v) is 2.71. The van der Waals surface area contributed by atoms with Gasteiger partial charge in [-0.05, 0) is 36.8 Å². The van der Waals surface area contributed by atoms with Gasteiger partial charge in [-0.1, -0.05) is 30.3 Å². The summed E-state index contributed by atoms with van der Waals surface area (Å²) in [6, 6.07) is 15.2. The van der Waals surface area contributed by atoms with Gasteiger partial charge in [0.25, 0.3) is 5.91 Å². The van der Waals surface area contributed by atoms with Crippen LogP contribution in [0.2, 0.25) is 0 Å². The number of rotatable bonds is 3. The van der Waals surface area contributed by atoms with E-state index < -0.39 is 5.91 Å². The highest BCUT2D eigenvalue weighted by Crippen LogP contribution is 2.23. The summed E-state index contributed by atoms with van der Waals surface area (Å²) in [4.78, 5) is 12.5. The molecule has 6 nitrogen and oxygen atoms in total. The minimum absolute atomic E-state index is 0.157. The Balaban J connectivity index is 1.70. The lowest BCUT2D eigenvalue weighted by Crippen LogP contribution is -2.18. The van der Waals surface area contributed by atoms with Crippen molar-refractivity contribution < 1.29 is 9.18 Å². The third-order valence-electron chi connectivity index (χ3n) is 4.05. The van der Waals surface area contributed by atoms with Gasteiger partial charge in [0.2, 0.25) is 0 Å². The lowest BCUT2D eigenvalue weighted by molar-refractivity contribution is 0.102. The summed E-state index contributed by atoms with van der Waals surface area (Å²) in [5, 5.41) is 15.3. The molecule has 0 radical (unpaired) electrons. The average molecular weight is 347 g/mol. The largest absolute Gasteiger partial charge is 0.321 e. The molecule has 1 N–H and O–H groups in total. The zero-order valence-corrected chi connectivity index (χ0v) is 13.8. The second-order valence-corrected chi connectivity index (χ2v) is 5.75. The Hall–Kier alpha value is -3.61. The number of nitrogens with one attached hydrogen (secondary N) is 1. The van der Waals surface area contributed by atoms with Crippen molar-refractivity contribution in [2.24, 2.45) is 0 Å². The van der Waals surface area contributed by atoms with Crippen LogP contribution >= 0.6 is 0 Å². The first-order valence-electron chi connectivity index (χ1n) is 7.97. The van der Waals surface area contributed by atoms with E-state index >= 15 is 0 Å². The topological polar surface area (TPSA) is 72.2 Å². The number of halogens is 1. The summed E-state index contributed by atoms with van der Waals surface area (Å²) in [5.74, 6) is -0.800. The molecule has 1 amide bonds. The van der Waals surface area contributed by atoms with Crippen molar-refractivity contribution in [3.63, 3.8) is 0 Å². The highest BCUT2D eigenvalue weighted by atomic mass is 19.1. The summed E-state index contributed by atoms with van der Waals surface area (Å²) in [7, 11) is 0. The second kappa shape index (κ2) is 6.36. The van der Waals surface area contributed by atoms with E-state index in [9.17, 15) is 9.18 Å². The number of hydrogen-bond donors (Lipinski definition) is 1. The van der Waals surface area contributed by atoms with Gasteiger partial charge >= 0.3 is 0 Å². The average Bonchev–Trinajstić information content (AvgIpc) is 3.09. The zero-order valence-electron chi connectivity index (χ0n) is 13.8. The maximum absolute atomic E-state index is 13.0. The van der Waals surface area contributed by atoms with E-state index in [0.29, 0.717) is 17.0 Å². The molecule has 0 fully saturated rings. The molecule has 0 aliphatic rings. The summed E-state index contributed by atoms with van der Waals surface area (Å²) in [5.41, 5.74) is 3.59. The predicted molar refractivity (Wildman–Crippen MR) is 95.3 cm³/mol. The monoisotopic (exact) mass is 347 g/mol. The van der Waals surface area contributed by atoms with Crippen molar-refractivity contribution in [2.45, 2.75) is 6.92 Å². The van der Waals surface area contributed by atoms with Crippen molar-refractivity contribution in [1.82, 2.24) is 19.8 Å². The molecule has 0 atom stereocenters. The third kappa shape index (κ3) is 2.79. The van der Waals surface area contributed by atoms with E-state index in [0.717, 1.165) is 11.1 Å². The summed E-state index contributed by atoms with van der Waals surface area (Å²) in [6.07, 6.45) is 1.70. The number of nitrogens with zero attached hydrogens (tertiary/aromatic N) is 4. The Morgan fingerprint density at radius 2 is 1.77 bits per heavy atom. The summed E-state index contributed by atoms with van der Waals surface area (Å²) < 4.78 is 14.6. The molecule has 0 spiro atoms. The normalized spacial score (nSPS) is 10.8. The first-order valence-corrected chi connectivity index (χ1v) is 7.97. The highest BCUT2D eigenvalue weighted by molar-refractivity contribution is 6.03. The number of carbonyl (C=O) groups excluding carboxylic acids is 1. The number of amides is 1. The maximum Gasteiger partial charge on any atom is 0.278 e. The molecule has 2 aromatic heterocycles. The van der Waals surface area contributed by atoms with Crippen LogP contribution in [0.3, 0.4) is 0 Å². The summed E-state index contributed by atoms with van der Waals surface area (Å²) >= 11 is 0. The Morgan fingerprint density at radius 1 is 1.04 bits per heavy atom. The van der Waals surface area contributed by atoms with Gasteiger partial charge in [0.05, 0.1) is 11.9 Å². The van der Waals surface area contributed by atoms with Gasteiger partial charge in [0.15, 0.2) is 11.3 Å². The van der Waals surface area contributed by atoms with Gasteiger partial charge in [0.1, 0.15) is 5.82 Å². The van der Waals surface area contributed by atoms with Crippen molar-refractivity contribution >= 4 is 17.2 Å². The second-order valence-electron chi connectivity index (χ2n) is 5.75. The van der Waals surface area contributed by atoms with Crippen LogP contribution in [0.15, 0.2) is 60.8 Å². The van der Waals surface area contributed by atoms with Crippen LogP contribution in [0.4, 0.5) is 10.1 Å². The van der Waals surface area contributed by atoms with Crippen molar-refractivity contribution in [3.8, 4) is 11.1 Å². The Labute approximate surface area is 148 Å². The molecule has 26 heavy (non-hydrogen) atoms. The molecule has 4 rings (SSSR count). The number of aromatic nitrogens is 4. The van der Waals surface area contributed by atoms with Crippen molar-refractivity contribution in [2.75, 3.05) is 5.32 Å². The van der Waals surface area contributed by atoms with Crippen molar-refractivity contribution in [1.29, 1.82) is 0 Å². The number of carbonyl (C=O) groups is 1. The minimum atomic E-state index is -0.430. The van der Waals surface area contributed by atoms with Gasteiger partial charge in [-0.25, -0.2) is 8.91 Å². The van der Waals surface area contributed by atoms with Crippen LogP contribution in [0.1, 0.15) is 16.2 Å². The fraction of sp³-hybridized carbons (Fsp3) is 0.0526. The van der Waals surface area contributed by atoms with E-state index in [4.69, 9.17) is 0 Å². The van der Waals surface area contributed by atoms with Crippen molar-refractivity contribution in [3.05, 3.63) is 78.0 Å². The molecule has 128 valence electrons. The van der Waals surface area contributed by atoms with E-state index in [1.807, 2.05) is 30.3 Å². The first-order chi connectivity index (χ1) is 12.6. The van der Waals surface area contributed by atoms with Gasteiger partial charge in [-0.2, -0.15) is 5.10 Å². The van der Waals surface area contributed by atoms with Crippen LogP contribution in [-0.4, -0.2) is 25.7 Å². The Bertz CT molecular complexity index is 1090. The summed E-state index contributed by atoms with van der Waals surface area (Å²) in [6.45, 7) is 1.75. The Morgan fingerprint density at radius 3 is 2.50 bits per heavy atom. The van der Waals surface area contributed by atoms with Crippen LogP contribution < -0.4 is 5.32 Å². The SMILES string of the molecule is Cc1c(C(=O)Nc2ccc(F)cc2)nnc2c(-c3ccccc3)cnn12. The third-order valence-corrected chi connectivity index (χ3v) is 4.05. The lowest BCUT2D eigenvalue weighted by atomic mass is 10.1. The van der Waals surface area contributed by atoms with Gasteiger partial charge < -0.3 is 5.32 Å². The molecule has 2 aromatic carbocycles. The van der Waals surface area contributed by atoms with E-state index in [-0.39, 0.29) is 11.5 Å². The molecule has 0 aliphatic carbocycles. The maximum atomic E-state index is 13.0. The number of hydrogen-bond acceptors (Lipinski definition) is 4.